The maximum Gasteiger partial charge on any atom is 0.255 e. The van der Waals surface area contributed by atoms with Crippen molar-refractivity contribution in [1.29, 1.82) is 0 Å². The van der Waals surface area contributed by atoms with Crippen molar-refractivity contribution in [2.45, 2.75) is 11.8 Å². The first-order valence-corrected chi connectivity index (χ1v) is 9.49. The molecule has 0 aliphatic heterocycles. The van der Waals surface area contributed by atoms with E-state index in [0.29, 0.717) is 5.69 Å². The summed E-state index contributed by atoms with van der Waals surface area (Å²) in [6.45, 7) is 1.91. The van der Waals surface area contributed by atoms with Crippen LogP contribution in [0.5, 0.6) is 0 Å². The Morgan fingerprint density at radius 2 is 2.00 bits per heavy atom. The van der Waals surface area contributed by atoms with Crippen LogP contribution in [0.25, 0.3) is 10.2 Å². The third-order valence-corrected chi connectivity index (χ3v) is 5.58. The number of fused-ring (bicyclic) bond motifs is 1. The zero-order valence-electron chi connectivity index (χ0n) is 12.4. The largest absolute Gasteiger partial charge is 0.322 e. The number of primary sulfonamides is 1. The van der Waals surface area contributed by atoms with E-state index < -0.39 is 15.9 Å². The zero-order valence-corrected chi connectivity index (χ0v) is 14.8. The Labute approximate surface area is 147 Å². The van der Waals surface area contributed by atoms with Gasteiger partial charge < -0.3 is 5.32 Å². The van der Waals surface area contributed by atoms with Gasteiger partial charge in [-0.05, 0) is 43.3 Å². The first kappa shape index (κ1) is 16.8. The van der Waals surface area contributed by atoms with Gasteiger partial charge in [0.1, 0.15) is 4.90 Å². The molecule has 3 N–H and O–H groups in total. The van der Waals surface area contributed by atoms with Crippen molar-refractivity contribution < 1.29 is 13.2 Å². The number of aromatic nitrogens is 1. The van der Waals surface area contributed by atoms with E-state index in [1.807, 2.05) is 19.1 Å². The Morgan fingerprint density at radius 1 is 1.25 bits per heavy atom. The number of nitrogens with two attached hydrogens (primary N) is 1. The van der Waals surface area contributed by atoms with Gasteiger partial charge in [0.2, 0.25) is 10.0 Å². The molecule has 3 aromatic rings. The number of rotatable bonds is 3. The molecule has 1 heterocycles. The number of nitrogens with zero attached hydrogens (tertiary/aromatic N) is 1. The molecule has 0 spiro atoms. The lowest BCUT2D eigenvalue weighted by Crippen LogP contribution is -2.16. The molecular weight excluding hydrogens is 370 g/mol. The number of aryl methyl sites for hydroxylation is 1. The molecule has 0 fully saturated rings. The van der Waals surface area contributed by atoms with Crippen LogP contribution in [0.2, 0.25) is 5.02 Å². The Kier molecular flexibility index (Phi) is 4.31. The van der Waals surface area contributed by atoms with Gasteiger partial charge in [0.25, 0.3) is 5.91 Å². The van der Waals surface area contributed by atoms with Crippen LogP contribution < -0.4 is 10.5 Å². The maximum atomic E-state index is 12.3. The second-order valence-electron chi connectivity index (χ2n) is 5.06. The maximum absolute atomic E-state index is 12.3. The van der Waals surface area contributed by atoms with Crippen molar-refractivity contribution in [3.8, 4) is 0 Å². The number of halogens is 1. The van der Waals surface area contributed by atoms with E-state index in [1.165, 1.54) is 23.5 Å². The monoisotopic (exact) mass is 381 g/mol. The highest BCUT2D eigenvalue weighted by Gasteiger charge is 2.16. The molecule has 1 aromatic heterocycles. The van der Waals surface area contributed by atoms with E-state index in [4.69, 9.17) is 16.7 Å². The number of hydrogen-bond donors (Lipinski definition) is 2. The lowest BCUT2D eigenvalue weighted by Gasteiger charge is -2.07. The normalized spacial score (nSPS) is 11.6. The van der Waals surface area contributed by atoms with Gasteiger partial charge in [-0.15, -0.1) is 11.3 Å². The molecule has 0 aliphatic rings. The fourth-order valence-corrected chi connectivity index (χ4v) is 4.12. The summed E-state index contributed by atoms with van der Waals surface area (Å²) in [5.41, 5.74) is 1.59. The van der Waals surface area contributed by atoms with Gasteiger partial charge in [0, 0.05) is 11.3 Å². The minimum Gasteiger partial charge on any atom is -0.322 e. The van der Waals surface area contributed by atoms with Gasteiger partial charge in [-0.25, -0.2) is 18.5 Å². The average Bonchev–Trinajstić information content (AvgIpc) is 2.85. The molecule has 0 atom stereocenters. The molecule has 0 radical (unpaired) electrons. The van der Waals surface area contributed by atoms with Gasteiger partial charge in [-0.2, -0.15) is 0 Å². The van der Waals surface area contributed by atoms with E-state index in [-0.39, 0.29) is 15.5 Å². The summed E-state index contributed by atoms with van der Waals surface area (Å²) in [5, 5.41) is 8.72. The summed E-state index contributed by atoms with van der Waals surface area (Å²) in [6.07, 6.45) is 0. The summed E-state index contributed by atoms with van der Waals surface area (Å²) < 4.78 is 23.9. The molecule has 3 rings (SSSR count). The third-order valence-electron chi connectivity index (χ3n) is 3.25. The topological polar surface area (TPSA) is 102 Å². The van der Waals surface area contributed by atoms with Crippen LogP contribution in [0.1, 0.15) is 15.4 Å². The molecule has 0 bridgehead atoms. The first-order valence-electron chi connectivity index (χ1n) is 6.75. The second kappa shape index (κ2) is 6.14. The van der Waals surface area contributed by atoms with Crippen LogP contribution >= 0.6 is 22.9 Å². The summed E-state index contributed by atoms with van der Waals surface area (Å²) in [4.78, 5) is 16.4. The van der Waals surface area contributed by atoms with E-state index in [1.54, 1.807) is 6.07 Å². The lowest BCUT2D eigenvalue weighted by atomic mass is 10.2. The van der Waals surface area contributed by atoms with Crippen molar-refractivity contribution in [1.82, 2.24) is 4.98 Å². The SMILES string of the molecule is Cc1nc2ccc(NC(=O)c3ccc(Cl)c(S(N)(=O)=O)c3)cc2s1. The molecule has 0 saturated heterocycles. The smallest absolute Gasteiger partial charge is 0.255 e. The molecule has 9 heteroatoms. The van der Waals surface area contributed by atoms with E-state index in [0.717, 1.165) is 21.3 Å². The number of thiazole rings is 1. The van der Waals surface area contributed by atoms with Gasteiger partial charge in [0.15, 0.2) is 0 Å². The van der Waals surface area contributed by atoms with Gasteiger partial charge in [-0.3, -0.25) is 4.79 Å². The minimum atomic E-state index is -4.01. The predicted octanol–water partition coefficient (Wildman–Crippen LogP) is 3.16. The molecular formula is C15H12ClN3O3S2. The standard InChI is InChI=1S/C15H12ClN3O3S2/c1-8-18-12-5-3-10(7-13(12)23-8)19-15(20)9-2-4-11(16)14(6-9)24(17,21)22/h2-7H,1H3,(H,19,20)(H2,17,21,22). The Balaban J connectivity index is 1.91. The molecule has 0 unspecified atom stereocenters. The van der Waals surface area contributed by atoms with Gasteiger partial charge >= 0.3 is 0 Å². The van der Waals surface area contributed by atoms with Crippen LogP contribution in [0.4, 0.5) is 5.69 Å². The number of hydrogen-bond acceptors (Lipinski definition) is 5. The second-order valence-corrected chi connectivity index (χ2v) is 8.23. The van der Waals surface area contributed by atoms with Gasteiger partial charge in [-0.1, -0.05) is 11.6 Å². The zero-order chi connectivity index (χ0) is 17.5. The number of sulfonamides is 1. The molecule has 124 valence electrons. The molecule has 6 nitrogen and oxygen atoms in total. The number of carbonyl (C=O) groups is 1. The van der Waals surface area contributed by atoms with E-state index in [9.17, 15) is 13.2 Å². The van der Waals surface area contributed by atoms with Gasteiger partial charge in [0.05, 0.1) is 20.2 Å². The first-order chi connectivity index (χ1) is 11.2. The fraction of sp³-hybridized carbons (Fsp3) is 0.0667. The van der Waals surface area contributed by atoms with Crippen molar-refractivity contribution in [3.05, 3.63) is 52.0 Å². The average molecular weight is 382 g/mol. The Bertz CT molecular complexity index is 1060. The minimum absolute atomic E-state index is 0.0318. The summed E-state index contributed by atoms with van der Waals surface area (Å²) in [5.74, 6) is -0.461. The number of amides is 1. The van der Waals surface area contributed by atoms with E-state index >= 15 is 0 Å². The molecule has 2 aromatic carbocycles. The molecule has 0 saturated carbocycles. The third kappa shape index (κ3) is 3.41. The number of anilines is 1. The molecule has 0 aliphatic carbocycles. The number of benzene rings is 2. The summed E-state index contributed by atoms with van der Waals surface area (Å²) in [6, 6.07) is 9.27. The van der Waals surface area contributed by atoms with Crippen LogP contribution in [0, 0.1) is 6.92 Å². The van der Waals surface area contributed by atoms with Crippen LogP contribution in [-0.2, 0) is 10.0 Å². The van der Waals surface area contributed by atoms with Crippen LogP contribution in [0.15, 0.2) is 41.3 Å². The highest BCUT2D eigenvalue weighted by atomic mass is 35.5. The van der Waals surface area contributed by atoms with E-state index in [2.05, 4.69) is 10.3 Å². The summed E-state index contributed by atoms with van der Waals surface area (Å²) in [7, 11) is -4.01. The van der Waals surface area contributed by atoms with Crippen molar-refractivity contribution in [2.75, 3.05) is 5.32 Å². The lowest BCUT2D eigenvalue weighted by molar-refractivity contribution is 0.102. The Morgan fingerprint density at radius 3 is 2.71 bits per heavy atom. The summed E-state index contributed by atoms with van der Waals surface area (Å²) >= 11 is 7.34. The molecule has 24 heavy (non-hydrogen) atoms. The van der Waals surface area contributed by atoms with Crippen LogP contribution in [-0.4, -0.2) is 19.3 Å². The highest BCUT2D eigenvalue weighted by Crippen LogP contribution is 2.26. The molecule has 1 amide bonds. The predicted molar refractivity (Wildman–Crippen MR) is 95.1 cm³/mol. The van der Waals surface area contributed by atoms with Crippen molar-refractivity contribution in [3.63, 3.8) is 0 Å². The van der Waals surface area contributed by atoms with Crippen LogP contribution in [0.3, 0.4) is 0 Å². The quantitative estimate of drug-likeness (QED) is 0.727. The Hall–Kier alpha value is -2.00. The fourth-order valence-electron chi connectivity index (χ4n) is 2.18. The van der Waals surface area contributed by atoms with Crippen molar-refractivity contribution >= 4 is 54.8 Å². The number of nitrogens with one attached hydrogen (secondary N) is 1. The highest BCUT2D eigenvalue weighted by molar-refractivity contribution is 7.89. The van der Waals surface area contributed by atoms with Crippen molar-refractivity contribution in [2.24, 2.45) is 5.14 Å². The number of carbonyl (C=O) groups excluding carboxylic acids is 1.